The van der Waals surface area contributed by atoms with E-state index in [0.29, 0.717) is 0 Å². The Bertz CT molecular complexity index is 4400. The van der Waals surface area contributed by atoms with Gasteiger partial charge in [0, 0.05) is 50.3 Å². The molecule has 0 atom stereocenters. The maximum absolute atomic E-state index is 2.42. The van der Waals surface area contributed by atoms with Crippen LogP contribution in [0.2, 0.25) is 0 Å². The first-order valence-corrected chi connectivity index (χ1v) is 26.4. The summed E-state index contributed by atoms with van der Waals surface area (Å²) in [5.41, 5.74) is 19.4. The number of nitrogens with zero attached hydrogens (tertiary/aromatic N) is 3. The number of aromatic nitrogens is 1. The third-order valence-electron chi connectivity index (χ3n) is 15.1. The number of hydrogen-bond acceptors (Lipinski definition) is 2. The Morgan fingerprint density at radius 1 is 0.221 bits per heavy atom. The van der Waals surface area contributed by atoms with E-state index in [4.69, 9.17) is 0 Å². The molecule has 0 spiro atoms. The Hall–Kier alpha value is -10.2. The van der Waals surface area contributed by atoms with Crippen molar-refractivity contribution in [1.82, 2.24) is 4.57 Å². The summed E-state index contributed by atoms with van der Waals surface area (Å²) in [7, 11) is 0. The first kappa shape index (κ1) is 45.4. The molecule has 0 saturated heterocycles. The molecule has 0 amide bonds. The molecule has 0 aliphatic carbocycles. The van der Waals surface area contributed by atoms with Crippen molar-refractivity contribution in [3.8, 4) is 50.2 Å². The first-order valence-electron chi connectivity index (χ1n) is 26.4. The molecule has 77 heavy (non-hydrogen) atoms. The lowest BCUT2D eigenvalue weighted by molar-refractivity contribution is 1.18. The Morgan fingerprint density at radius 2 is 0.610 bits per heavy atom. The summed E-state index contributed by atoms with van der Waals surface area (Å²) in [6.07, 6.45) is 0. The highest BCUT2D eigenvalue weighted by Gasteiger charge is 2.22. The Labute approximate surface area is 449 Å². The number of para-hydroxylation sites is 4. The molecular formula is C74H51N3. The quantitative estimate of drug-likeness (QED) is 0.120. The zero-order chi connectivity index (χ0) is 51.1. The summed E-state index contributed by atoms with van der Waals surface area (Å²) in [6.45, 7) is 0. The van der Waals surface area contributed by atoms with Crippen molar-refractivity contribution < 1.29 is 0 Å². The molecule has 13 aromatic carbocycles. The van der Waals surface area contributed by atoms with Crippen molar-refractivity contribution in [2.45, 2.75) is 0 Å². The van der Waals surface area contributed by atoms with Crippen molar-refractivity contribution in [1.29, 1.82) is 0 Å². The van der Waals surface area contributed by atoms with E-state index in [1.165, 1.54) is 60.1 Å². The van der Waals surface area contributed by atoms with Gasteiger partial charge in [-0.3, -0.25) is 0 Å². The molecule has 1 aromatic heterocycles. The number of rotatable bonds is 11. The van der Waals surface area contributed by atoms with Gasteiger partial charge in [-0.1, -0.05) is 212 Å². The van der Waals surface area contributed by atoms with Gasteiger partial charge < -0.3 is 14.4 Å². The van der Waals surface area contributed by atoms with Crippen molar-refractivity contribution in [2.75, 3.05) is 9.80 Å². The second-order valence-electron chi connectivity index (χ2n) is 19.7. The van der Waals surface area contributed by atoms with Gasteiger partial charge >= 0.3 is 0 Å². The Kier molecular flexibility index (Phi) is 11.5. The standard InChI is InChI=1S/C74H51N3/c1-6-22-52(23-7-1)68-51-71(55-40-44-61(45-41-55)76(58-29-12-4-13-30-58)73-48-56-26-16-17-33-63(56)64-34-18-19-35-65(64)73)69(53-24-8-2-9-25-53)50-70(68)54-38-42-60(43-39-54)75(57-27-10-3-11-28-57)62-46-47-67-66-36-20-21-37-72(66)77(74(67)49-62)59-31-14-5-15-32-59/h1-51H. The van der Waals surface area contributed by atoms with Gasteiger partial charge in [0.05, 0.1) is 16.7 Å². The molecule has 0 fully saturated rings. The van der Waals surface area contributed by atoms with E-state index in [2.05, 4.69) is 324 Å². The van der Waals surface area contributed by atoms with Gasteiger partial charge in [0.2, 0.25) is 0 Å². The van der Waals surface area contributed by atoms with Crippen molar-refractivity contribution in [2.24, 2.45) is 0 Å². The molecule has 0 aliphatic rings. The van der Waals surface area contributed by atoms with Crippen LogP contribution in [0, 0.1) is 0 Å². The molecule has 1 heterocycles. The van der Waals surface area contributed by atoms with Gasteiger partial charge in [0.25, 0.3) is 0 Å². The summed E-state index contributed by atoms with van der Waals surface area (Å²) < 4.78 is 2.39. The summed E-state index contributed by atoms with van der Waals surface area (Å²) in [6, 6.07) is 112. The molecular weight excluding hydrogens is 931 g/mol. The van der Waals surface area contributed by atoms with Crippen LogP contribution in [-0.4, -0.2) is 4.57 Å². The van der Waals surface area contributed by atoms with Crippen LogP contribution in [0.15, 0.2) is 309 Å². The minimum absolute atomic E-state index is 1.07. The molecule has 0 bridgehead atoms. The van der Waals surface area contributed by atoms with Crippen LogP contribution >= 0.6 is 0 Å². The van der Waals surface area contributed by atoms with Crippen LogP contribution in [0.4, 0.5) is 34.1 Å². The highest BCUT2D eigenvalue weighted by molar-refractivity contribution is 6.15. The van der Waals surface area contributed by atoms with E-state index in [9.17, 15) is 0 Å². The van der Waals surface area contributed by atoms with Gasteiger partial charge in [-0.2, -0.15) is 0 Å². The number of benzene rings is 13. The van der Waals surface area contributed by atoms with Crippen molar-refractivity contribution >= 4 is 77.5 Å². The van der Waals surface area contributed by atoms with E-state index in [-0.39, 0.29) is 0 Å². The molecule has 3 heteroatoms. The summed E-state index contributed by atoms with van der Waals surface area (Å²) >= 11 is 0. The largest absolute Gasteiger partial charge is 0.310 e. The van der Waals surface area contributed by atoms with E-state index in [1.54, 1.807) is 0 Å². The van der Waals surface area contributed by atoms with Crippen LogP contribution in [0.3, 0.4) is 0 Å². The van der Waals surface area contributed by atoms with E-state index in [0.717, 1.165) is 67.6 Å². The summed E-state index contributed by atoms with van der Waals surface area (Å²) in [4.78, 5) is 4.78. The molecule has 14 rings (SSSR count). The normalized spacial score (nSPS) is 11.4. The minimum Gasteiger partial charge on any atom is -0.310 e. The monoisotopic (exact) mass is 981 g/mol. The fourth-order valence-electron chi connectivity index (χ4n) is 11.6. The van der Waals surface area contributed by atoms with E-state index >= 15 is 0 Å². The zero-order valence-corrected chi connectivity index (χ0v) is 42.3. The predicted octanol–water partition coefficient (Wildman–Crippen LogP) is 20.7. The van der Waals surface area contributed by atoms with Gasteiger partial charge in [0.1, 0.15) is 0 Å². The van der Waals surface area contributed by atoms with Gasteiger partial charge in [-0.05, 0) is 158 Å². The average molecular weight is 982 g/mol. The second-order valence-corrected chi connectivity index (χ2v) is 19.7. The molecule has 0 saturated carbocycles. The summed E-state index contributed by atoms with van der Waals surface area (Å²) in [5, 5.41) is 7.37. The Balaban J connectivity index is 0.899. The highest BCUT2D eigenvalue weighted by atomic mass is 15.1. The molecule has 3 nitrogen and oxygen atoms in total. The fraction of sp³-hybridized carbons (Fsp3) is 0. The zero-order valence-electron chi connectivity index (χ0n) is 42.3. The summed E-state index contributed by atoms with van der Waals surface area (Å²) in [5.74, 6) is 0. The molecule has 0 unspecified atom stereocenters. The molecule has 0 aliphatic heterocycles. The lowest BCUT2D eigenvalue weighted by atomic mass is 9.85. The van der Waals surface area contributed by atoms with Crippen molar-refractivity contribution in [3.05, 3.63) is 309 Å². The molecule has 362 valence electrons. The van der Waals surface area contributed by atoms with Gasteiger partial charge in [-0.25, -0.2) is 0 Å². The second kappa shape index (κ2) is 19.6. The van der Waals surface area contributed by atoms with Gasteiger partial charge in [0.15, 0.2) is 0 Å². The number of fused-ring (bicyclic) bond motifs is 6. The average Bonchev–Trinajstić information content (AvgIpc) is 3.85. The maximum atomic E-state index is 2.42. The van der Waals surface area contributed by atoms with Crippen LogP contribution in [0.1, 0.15) is 0 Å². The lowest BCUT2D eigenvalue weighted by Gasteiger charge is -2.28. The smallest absolute Gasteiger partial charge is 0.0561 e. The highest BCUT2D eigenvalue weighted by Crippen LogP contribution is 2.47. The van der Waals surface area contributed by atoms with E-state index < -0.39 is 0 Å². The van der Waals surface area contributed by atoms with Crippen LogP contribution in [0.5, 0.6) is 0 Å². The third-order valence-corrected chi connectivity index (χ3v) is 15.1. The molecule has 0 N–H and O–H groups in total. The predicted molar refractivity (Wildman–Crippen MR) is 327 cm³/mol. The van der Waals surface area contributed by atoms with Crippen molar-refractivity contribution in [3.63, 3.8) is 0 Å². The lowest BCUT2D eigenvalue weighted by Crippen LogP contribution is -2.10. The van der Waals surface area contributed by atoms with Crippen LogP contribution < -0.4 is 9.80 Å². The van der Waals surface area contributed by atoms with Crippen LogP contribution in [0.25, 0.3) is 93.5 Å². The number of hydrogen-bond donors (Lipinski definition) is 0. The SMILES string of the molecule is c1ccc(-c2cc(-c3ccc(N(c4ccccc4)c4cc5ccccc5c5ccccc45)cc3)c(-c3ccccc3)cc2-c2ccc(N(c3ccccc3)c3ccc4c5ccccc5n(-c5ccccc5)c4c3)cc2)cc1. The van der Waals surface area contributed by atoms with Crippen LogP contribution in [-0.2, 0) is 0 Å². The molecule has 0 radical (unpaired) electrons. The maximum Gasteiger partial charge on any atom is 0.0561 e. The Morgan fingerprint density at radius 3 is 1.18 bits per heavy atom. The molecule has 14 aromatic rings. The first-order chi connectivity index (χ1) is 38.2. The number of anilines is 6. The van der Waals surface area contributed by atoms with E-state index in [1.807, 2.05) is 0 Å². The topological polar surface area (TPSA) is 11.4 Å². The van der Waals surface area contributed by atoms with Gasteiger partial charge in [-0.15, -0.1) is 0 Å². The minimum atomic E-state index is 1.07. The third kappa shape index (κ3) is 8.28. The fourth-order valence-corrected chi connectivity index (χ4v) is 11.6.